The molecule has 0 aromatic heterocycles. The smallest absolute Gasteiger partial charge is 0.310 e. The van der Waals surface area contributed by atoms with Crippen molar-refractivity contribution in [3.05, 3.63) is 70.7 Å². The van der Waals surface area contributed by atoms with Gasteiger partial charge in [-0.3, -0.25) is 4.79 Å². The molecule has 0 bridgehead atoms. The van der Waals surface area contributed by atoms with E-state index in [0.29, 0.717) is 0 Å². The van der Waals surface area contributed by atoms with Crippen molar-refractivity contribution in [2.45, 2.75) is 20.5 Å². The quantitative estimate of drug-likeness (QED) is 0.364. The molecule has 4 heteroatoms. The summed E-state index contributed by atoms with van der Waals surface area (Å²) in [4.78, 5) is 12.7. The summed E-state index contributed by atoms with van der Waals surface area (Å²) in [5.74, 6) is -0.404. The van der Waals surface area contributed by atoms with Gasteiger partial charge in [-0.2, -0.15) is 0 Å². The molecule has 138 valence electrons. The van der Waals surface area contributed by atoms with Gasteiger partial charge in [-0.25, -0.2) is 0 Å². The van der Waals surface area contributed by atoms with Crippen LogP contribution in [0.3, 0.4) is 0 Å². The fraction of sp³-hybridized carbons (Fsp3) is 0.261. The molecule has 0 radical (unpaired) electrons. The van der Waals surface area contributed by atoms with Gasteiger partial charge in [0.2, 0.25) is 0 Å². The Morgan fingerprint density at radius 2 is 1.59 bits per heavy atom. The summed E-state index contributed by atoms with van der Waals surface area (Å²) in [5, 5.41) is 4.51. The van der Waals surface area contributed by atoms with Crippen LogP contribution in [0.1, 0.15) is 19.4 Å². The highest BCUT2D eigenvalue weighted by molar-refractivity contribution is 6.55. The van der Waals surface area contributed by atoms with Gasteiger partial charge in [-0.05, 0) is 45.0 Å². The zero-order chi connectivity index (χ0) is 19.2. The van der Waals surface area contributed by atoms with E-state index in [9.17, 15) is 4.79 Å². The van der Waals surface area contributed by atoms with Crippen LogP contribution in [-0.4, -0.2) is 5.97 Å². The maximum atomic E-state index is 12.7. The number of halogens is 2. The van der Waals surface area contributed by atoms with Gasteiger partial charge in [0.25, 0.3) is 0 Å². The molecule has 3 aromatic rings. The molecular formula is C23H20Cl2O2. The largest absolute Gasteiger partial charge is 0.461 e. The maximum Gasteiger partial charge on any atom is 0.310 e. The Kier molecular flexibility index (Phi) is 4.65. The van der Waals surface area contributed by atoms with E-state index in [2.05, 4.69) is 30.3 Å². The fourth-order valence-electron chi connectivity index (χ4n) is 4.07. The van der Waals surface area contributed by atoms with E-state index in [1.165, 1.54) is 0 Å². The highest BCUT2D eigenvalue weighted by Gasteiger charge is 2.61. The van der Waals surface area contributed by atoms with Gasteiger partial charge in [0.1, 0.15) is 11.1 Å². The Balaban J connectivity index is 1.64. The van der Waals surface area contributed by atoms with Crippen LogP contribution in [0.2, 0.25) is 0 Å². The van der Waals surface area contributed by atoms with Gasteiger partial charge in [0, 0.05) is 5.56 Å². The minimum Gasteiger partial charge on any atom is -0.461 e. The number of fused-ring (bicyclic) bond motifs is 2. The summed E-state index contributed by atoms with van der Waals surface area (Å²) in [6, 6.07) is 18.5. The third-order valence-corrected chi connectivity index (χ3v) is 5.96. The van der Waals surface area contributed by atoms with Gasteiger partial charge in [-0.15, -0.1) is 0 Å². The maximum absolute atomic E-state index is 12.7. The molecule has 2 atom stereocenters. The van der Waals surface area contributed by atoms with Crippen LogP contribution in [0.5, 0.6) is 0 Å². The van der Waals surface area contributed by atoms with E-state index >= 15 is 0 Å². The number of carbonyl (C=O) groups excluding carboxylic acids is 1. The summed E-state index contributed by atoms with van der Waals surface area (Å²) < 4.78 is 5.96. The molecule has 2 nitrogen and oxygen atoms in total. The first-order valence-electron chi connectivity index (χ1n) is 8.98. The lowest BCUT2D eigenvalue weighted by molar-refractivity contribution is -0.147. The molecule has 4 rings (SSSR count). The first-order chi connectivity index (χ1) is 12.9. The summed E-state index contributed by atoms with van der Waals surface area (Å²) in [7, 11) is 0. The van der Waals surface area contributed by atoms with Gasteiger partial charge >= 0.3 is 5.97 Å². The lowest BCUT2D eigenvalue weighted by Gasteiger charge is -2.12. The van der Waals surface area contributed by atoms with Crippen molar-refractivity contribution < 1.29 is 9.53 Å². The van der Waals surface area contributed by atoms with E-state index in [1.807, 2.05) is 38.1 Å². The molecule has 0 saturated heterocycles. The summed E-state index contributed by atoms with van der Waals surface area (Å²) in [6.45, 7) is 4.31. The van der Waals surface area contributed by atoms with Crippen molar-refractivity contribution in [1.29, 1.82) is 0 Å². The van der Waals surface area contributed by atoms with Crippen molar-refractivity contribution in [3.63, 3.8) is 0 Å². The topological polar surface area (TPSA) is 26.3 Å². The van der Waals surface area contributed by atoms with Crippen molar-refractivity contribution in [3.8, 4) is 0 Å². The summed E-state index contributed by atoms with van der Waals surface area (Å²) in [6.07, 6.45) is 1.74. The third-order valence-electron chi connectivity index (χ3n) is 5.71. The van der Waals surface area contributed by atoms with Crippen LogP contribution in [0.4, 0.5) is 0 Å². The first-order valence-corrected chi connectivity index (χ1v) is 9.74. The van der Waals surface area contributed by atoms with Crippen LogP contribution in [0.15, 0.2) is 65.2 Å². The number of allylic oxidation sites excluding steroid dienone is 1. The predicted molar refractivity (Wildman–Crippen MR) is 112 cm³/mol. The number of rotatable bonds is 4. The second-order valence-corrected chi connectivity index (χ2v) is 8.69. The standard InChI is InChI=1S/C23H20Cl2O2/c1-23(2)19(12-20(24)25)21(23)22(26)27-13-18-16-9-5-3-7-14(16)11-15-8-4-6-10-17(15)18/h3-12,19,21H,13H2,1-2H3. The lowest BCUT2D eigenvalue weighted by Crippen LogP contribution is -2.11. The highest BCUT2D eigenvalue weighted by atomic mass is 35.5. The van der Waals surface area contributed by atoms with Gasteiger partial charge in [-0.1, -0.05) is 85.6 Å². The molecule has 0 aliphatic heterocycles. The molecular weight excluding hydrogens is 379 g/mol. The molecule has 1 aliphatic carbocycles. The Labute approximate surface area is 168 Å². The lowest BCUT2D eigenvalue weighted by atomic mass is 9.97. The Bertz CT molecular complexity index is 1010. The summed E-state index contributed by atoms with van der Waals surface area (Å²) in [5.41, 5.74) is 0.852. The minimum absolute atomic E-state index is 0.0132. The van der Waals surface area contributed by atoms with E-state index in [0.717, 1.165) is 27.1 Å². The van der Waals surface area contributed by atoms with E-state index < -0.39 is 0 Å². The molecule has 0 spiro atoms. The molecule has 27 heavy (non-hydrogen) atoms. The molecule has 1 saturated carbocycles. The van der Waals surface area contributed by atoms with Gasteiger partial charge < -0.3 is 4.74 Å². The number of ether oxygens (including phenoxy) is 1. The zero-order valence-electron chi connectivity index (χ0n) is 15.2. The van der Waals surface area contributed by atoms with Gasteiger partial charge in [0.15, 0.2) is 0 Å². The number of carbonyl (C=O) groups is 1. The zero-order valence-corrected chi connectivity index (χ0v) is 16.7. The van der Waals surface area contributed by atoms with Crippen molar-refractivity contribution in [2.75, 3.05) is 0 Å². The van der Waals surface area contributed by atoms with Crippen molar-refractivity contribution in [1.82, 2.24) is 0 Å². The average molecular weight is 399 g/mol. The first kappa shape index (κ1) is 18.3. The Morgan fingerprint density at radius 1 is 1.04 bits per heavy atom. The normalized spacial score (nSPS) is 20.4. The van der Waals surface area contributed by atoms with Crippen LogP contribution < -0.4 is 0 Å². The van der Waals surface area contributed by atoms with E-state index in [4.69, 9.17) is 27.9 Å². The molecule has 3 aromatic carbocycles. The fourth-order valence-corrected chi connectivity index (χ4v) is 4.34. The summed E-state index contributed by atoms with van der Waals surface area (Å²) >= 11 is 11.6. The third kappa shape index (κ3) is 3.33. The van der Waals surface area contributed by atoms with Crippen LogP contribution in [0.25, 0.3) is 21.5 Å². The van der Waals surface area contributed by atoms with E-state index in [-0.39, 0.29) is 34.3 Å². The SMILES string of the molecule is CC1(C)C(C=C(Cl)Cl)C1C(=O)OCc1c2ccccc2cc2ccccc12. The highest BCUT2D eigenvalue weighted by Crippen LogP contribution is 2.60. The Morgan fingerprint density at radius 3 is 2.15 bits per heavy atom. The minimum atomic E-state index is -0.216. The molecule has 2 unspecified atom stereocenters. The second kappa shape index (κ2) is 6.85. The average Bonchev–Trinajstić information content (AvgIpc) is 3.17. The van der Waals surface area contributed by atoms with Crippen LogP contribution in [-0.2, 0) is 16.1 Å². The number of esters is 1. The van der Waals surface area contributed by atoms with E-state index in [1.54, 1.807) is 6.08 Å². The van der Waals surface area contributed by atoms with Gasteiger partial charge in [0.05, 0.1) is 5.92 Å². The number of hydrogen-bond donors (Lipinski definition) is 0. The Hall–Kier alpha value is -2.03. The van der Waals surface area contributed by atoms with Crippen LogP contribution in [0, 0.1) is 17.3 Å². The van der Waals surface area contributed by atoms with Crippen molar-refractivity contribution >= 4 is 50.7 Å². The predicted octanol–water partition coefficient (Wildman–Crippen LogP) is 6.63. The number of benzene rings is 3. The molecule has 1 aliphatic rings. The second-order valence-electron chi connectivity index (χ2n) is 7.69. The molecule has 0 heterocycles. The monoisotopic (exact) mass is 398 g/mol. The van der Waals surface area contributed by atoms with Crippen molar-refractivity contribution in [2.24, 2.45) is 17.3 Å². The molecule has 0 amide bonds. The molecule has 1 fully saturated rings. The number of hydrogen-bond acceptors (Lipinski definition) is 2. The molecule has 0 N–H and O–H groups in total. The van der Waals surface area contributed by atoms with Crippen LogP contribution >= 0.6 is 23.2 Å².